The molecule has 0 aliphatic carbocycles. The van der Waals surface area contributed by atoms with Crippen LogP contribution in [0.1, 0.15) is 45.1 Å². The standard InChI is InChI=1S/C22H30N4/c1-5-7-14-25(3)21-16-19(18-12-10-9-11-13-18)20(17-23)22(24-21)26(4)15-8-6-2/h9-13,16H,5-8,14-15H2,1-4H3. The third-order valence-corrected chi connectivity index (χ3v) is 4.63. The largest absolute Gasteiger partial charge is 0.360 e. The van der Waals surface area contributed by atoms with Gasteiger partial charge in [0.05, 0.1) is 0 Å². The highest BCUT2D eigenvalue weighted by Crippen LogP contribution is 2.33. The van der Waals surface area contributed by atoms with Gasteiger partial charge in [0, 0.05) is 32.7 Å². The zero-order chi connectivity index (χ0) is 18.9. The first-order chi connectivity index (χ1) is 12.6. The SMILES string of the molecule is CCCCN(C)c1cc(-c2ccccc2)c(C#N)c(N(C)CCCC)n1. The van der Waals surface area contributed by atoms with Crippen molar-refractivity contribution in [3.63, 3.8) is 0 Å². The van der Waals surface area contributed by atoms with Crippen LogP contribution in [0.2, 0.25) is 0 Å². The highest BCUT2D eigenvalue weighted by Gasteiger charge is 2.18. The Balaban J connectivity index is 2.56. The maximum absolute atomic E-state index is 9.88. The first-order valence-corrected chi connectivity index (χ1v) is 9.55. The van der Waals surface area contributed by atoms with Gasteiger partial charge in [0.1, 0.15) is 23.3 Å². The van der Waals surface area contributed by atoms with Crippen LogP contribution in [0.5, 0.6) is 0 Å². The molecular weight excluding hydrogens is 320 g/mol. The van der Waals surface area contributed by atoms with Crippen molar-refractivity contribution in [2.24, 2.45) is 0 Å². The van der Waals surface area contributed by atoms with E-state index in [2.05, 4.69) is 55.0 Å². The number of pyridine rings is 1. The summed E-state index contributed by atoms with van der Waals surface area (Å²) in [6.45, 7) is 6.23. The molecule has 0 N–H and O–H groups in total. The van der Waals surface area contributed by atoms with Crippen molar-refractivity contribution >= 4 is 11.6 Å². The summed E-state index contributed by atoms with van der Waals surface area (Å²) >= 11 is 0. The van der Waals surface area contributed by atoms with E-state index < -0.39 is 0 Å². The van der Waals surface area contributed by atoms with Gasteiger partial charge in [0.15, 0.2) is 0 Å². The second-order valence-electron chi connectivity index (χ2n) is 6.75. The molecular formula is C22H30N4. The molecule has 4 nitrogen and oxygen atoms in total. The van der Waals surface area contributed by atoms with Gasteiger partial charge in [-0.1, -0.05) is 57.0 Å². The number of hydrogen-bond acceptors (Lipinski definition) is 4. The molecule has 0 atom stereocenters. The topological polar surface area (TPSA) is 43.2 Å². The fourth-order valence-electron chi connectivity index (χ4n) is 2.96. The number of unbranched alkanes of at least 4 members (excludes halogenated alkanes) is 2. The van der Waals surface area contributed by atoms with Crippen molar-refractivity contribution in [2.75, 3.05) is 37.0 Å². The van der Waals surface area contributed by atoms with Crippen LogP contribution in [0.3, 0.4) is 0 Å². The second kappa shape index (κ2) is 9.82. The van der Waals surface area contributed by atoms with Crippen LogP contribution >= 0.6 is 0 Å². The summed E-state index contributed by atoms with van der Waals surface area (Å²) in [5.74, 6) is 1.70. The smallest absolute Gasteiger partial charge is 0.149 e. The molecule has 26 heavy (non-hydrogen) atoms. The van der Waals surface area contributed by atoms with Gasteiger partial charge in [-0.05, 0) is 24.5 Å². The molecule has 1 heterocycles. The van der Waals surface area contributed by atoms with E-state index in [0.29, 0.717) is 5.56 Å². The van der Waals surface area contributed by atoms with E-state index >= 15 is 0 Å². The first kappa shape index (κ1) is 19.8. The summed E-state index contributed by atoms with van der Waals surface area (Å²) in [5, 5.41) is 9.88. The molecule has 4 heteroatoms. The predicted octanol–water partition coefficient (Wildman–Crippen LogP) is 5.09. The van der Waals surface area contributed by atoms with Gasteiger partial charge in [0.25, 0.3) is 0 Å². The number of nitriles is 1. The second-order valence-corrected chi connectivity index (χ2v) is 6.75. The predicted molar refractivity (Wildman–Crippen MR) is 111 cm³/mol. The molecule has 1 aromatic heterocycles. The van der Waals surface area contributed by atoms with E-state index in [9.17, 15) is 5.26 Å². The molecule has 0 radical (unpaired) electrons. The maximum atomic E-state index is 9.88. The Labute approximate surface area is 158 Å². The number of anilines is 2. The van der Waals surface area contributed by atoms with E-state index in [4.69, 9.17) is 4.98 Å². The van der Waals surface area contributed by atoms with Crippen molar-refractivity contribution < 1.29 is 0 Å². The zero-order valence-electron chi connectivity index (χ0n) is 16.5. The Morgan fingerprint density at radius 3 is 2.15 bits per heavy atom. The molecule has 0 amide bonds. The van der Waals surface area contributed by atoms with E-state index in [1.807, 2.05) is 25.2 Å². The molecule has 1 aromatic carbocycles. The molecule has 0 bridgehead atoms. The highest BCUT2D eigenvalue weighted by molar-refractivity contribution is 5.79. The lowest BCUT2D eigenvalue weighted by molar-refractivity contribution is 0.747. The molecule has 0 saturated heterocycles. The highest BCUT2D eigenvalue weighted by atomic mass is 15.2. The van der Waals surface area contributed by atoms with Crippen LogP contribution in [-0.2, 0) is 0 Å². The normalized spacial score (nSPS) is 10.4. The molecule has 0 unspecified atom stereocenters. The lowest BCUT2D eigenvalue weighted by Crippen LogP contribution is -2.24. The maximum Gasteiger partial charge on any atom is 0.149 e. The third kappa shape index (κ3) is 4.76. The number of benzene rings is 1. The number of nitrogens with zero attached hydrogens (tertiary/aromatic N) is 4. The van der Waals surface area contributed by atoms with Crippen LogP contribution in [0.4, 0.5) is 11.6 Å². The van der Waals surface area contributed by atoms with Crippen molar-refractivity contribution in [1.29, 1.82) is 5.26 Å². The minimum absolute atomic E-state index is 0.655. The minimum atomic E-state index is 0.655. The summed E-state index contributed by atoms with van der Waals surface area (Å²) in [5.41, 5.74) is 2.67. The average Bonchev–Trinajstić information content (AvgIpc) is 2.69. The van der Waals surface area contributed by atoms with Crippen LogP contribution in [0.15, 0.2) is 36.4 Å². The Kier molecular flexibility index (Phi) is 7.47. The summed E-state index contributed by atoms with van der Waals surface area (Å²) in [4.78, 5) is 9.17. The Morgan fingerprint density at radius 2 is 1.58 bits per heavy atom. The fraction of sp³-hybridized carbons (Fsp3) is 0.455. The van der Waals surface area contributed by atoms with Gasteiger partial charge in [-0.15, -0.1) is 0 Å². The van der Waals surface area contributed by atoms with Crippen molar-refractivity contribution in [1.82, 2.24) is 4.98 Å². The fourth-order valence-corrected chi connectivity index (χ4v) is 2.96. The van der Waals surface area contributed by atoms with Crippen LogP contribution in [-0.4, -0.2) is 32.2 Å². The van der Waals surface area contributed by atoms with Gasteiger partial charge in [-0.3, -0.25) is 0 Å². The van der Waals surface area contributed by atoms with Gasteiger partial charge in [0.2, 0.25) is 0 Å². The van der Waals surface area contributed by atoms with Crippen molar-refractivity contribution in [3.8, 4) is 17.2 Å². The van der Waals surface area contributed by atoms with E-state index in [1.54, 1.807) is 0 Å². The van der Waals surface area contributed by atoms with Gasteiger partial charge < -0.3 is 9.80 Å². The van der Waals surface area contributed by atoms with Crippen LogP contribution < -0.4 is 9.80 Å². The summed E-state index contributed by atoms with van der Waals surface area (Å²) in [6.07, 6.45) is 4.47. The monoisotopic (exact) mass is 350 g/mol. The molecule has 0 aliphatic rings. The van der Waals surface area contributed by atoms with E-state index in [-0.39, 0.29) is 0 Å². The lowest BCUT2D eigenvalue weighted by atomic mass is 10.0. The Morgan fingerprint density at radius 1 is 0.962 bits per heavy atom. The van der Waals surface area contributed by atoms with Crippen LogP contribution in [0.25, 0.3) is 11.1 Å². The first-order valence-electron chi connectivity index (χ1n) is 9.55. The van der Waals surface area contributed by atoms with Gasteiger partial charge in [-0.25, -0.2) is 4.98 Å². The van der Waals surface area contributed by atoms with Crippen molar-refractivity contribution in [2.45, 2.75) is 39.5 Å². The summed E-state index contributed by atoms with van der Waals surface area (Å²) < 4.78 is 0. The molecule has 2 aromatic rings. The van der Waals surface area contributed by atoms with E-state index in [1.165, 1.54) is 0 Å². The van der Waals surface area contributed by atoms with E-state index in [0.717, 1.165) is 61.5 Å². The summed E-state index contributed by atoms with van der Waals surface area (Å²) in [7, 11) is 4.11. The quantitative estimate of drug-likeness (QED) is 0.631. The van der Waals surface area contributed by atoms with Crippen molar-refractivity contribution in [3.05, 3.63) is 42.0 Å². The average molecular weight is 351 g/mol. The van der Waals surface area contributed by atoms with Crippen LogP contribution in [0, 0.1) is 11.3 Å². The third-order valence-electron chi connectivity index (χ3n) is 4.63. The molecule has 138 valence electrons. The number of aromatic nitrogens is 1. The van der Waals surface area contributed by atoms with Gasteiger partial charge in [-0.2, -0.15) is 5.26 Å². The summed E-state index contributed by atoms with van der Waals surface area (Å²) in [6, 6.07) is 14.6. The molecule has 0 saturated carbocycles. The van der Waals surface area contributed by atoms with Gasteiger partial charge >= 0.3 is 0 Å². The lowest BCUT2D eigenvalue weighted by Gasteiger charge is -2.25. The molecule has 0 fully saturated rings. The minimum Gasteiger partial charge on any atom is -0.360 e. The molecule has 0 aliphatic heterocycles. The molecule has 0 spiro atoms. The number of hydrogen-bond donors (Lipinski definition) is 0. The molecule has 2 rings (SSSR count). The zero-order valence-corrected chi connectivity index (χ0v) is 16.5. The Bertz CT molecular complexity index is 734. The number of rotatable bonds is 9. The Hall–Kier alpha value is -2.54.